The first kappa shape index (κ1) is 15.4. The van der Waals surface area contributed by atoms with Gasteiger partial charge in [-0.2, -0.15) is 13.2 Å². The first-order valence-corrected chi connectivity index (χ1v) is 6.26. The number of hydrogen-bond acceptors (Lipinski definition) is 3. The normalized spacial score (nSPS) is 19.6. The lowest BCUT2D eigenvalue weighted by atomic mass is 10.1. The molecule has 0 aromatic carbocycles. The molecule has 1 aromatic rings. The zero-order valence-corrected chi connectivity index (χ0v) is 10.9. The Hall–Kier alpha value is -2.03. The van der Waals surface area contributed by atoms with Crippen LogP contribution in [-0.2, 0) is 11.3 Å². The molecule has 1 aromatic heterocycles. The number of carboxylic acids is 1. The van der Waals surface area contributed by atoms with Crippen LogP contribution in [0.2, 0.25) is 0 Å². The predicted molar refractivity (Wildman–Crippen MR) is 65.8 cm³/mol. The maximum absolute atomic E-state index is 12.5. The molecule has 1 amide bonds. The van der Waals surface area contributed by atoms with Crippen molar-refractivity contribution in [2.24, 2.45) is 0 Å². The van der Waals surface area contributed by atoms with E-state index in [4.69, 9.17) is 5.11 Å². The van der Waals surface area contributed by atoms with Gasteiger partial charge in [-0.1, -0.05) is 0 Å². The summed E-state index contributed by atoms with van der Waals surface area (Å²) in [6.45, 7) is -0.686. The highest BCUT2D eigenvalue weighted by molar-refractivity contribution is 5.95. The summed E-state index contributed by atoms with van der Waals surface area (Å²) < 4.78 is 38.2. The molecule has 0 radical (unpaired) electrons. The molecule has 1 fully saturated rings. The Bertz CT molecular complexity index is 541. The van der Waals surface area contributed by atoms with Crippen LogP contribution >= 0.6 is 0 Å². The van der Waals surface area contributed by atoms with Crippen molar-refractivity contribution in [3.63, 3.8) is 0 Å². The third-order valence-electron chi connectivity index (χ3n) is 3.19. The van der Waals surface area contributed by atoms with Gasteiger partial charge < -0.3 is 19.9 Å². The van der Waals surface area contributed by atoms with Gasteiger partial charge in [0, 0.05) is 25.8 Å². The number of hydrogen-bond donors (Lipinski definition) is 2. The molecule has 1 aliphatic rings. The zero-order chi connectivity index (χ0) is 15.6. The van der Waals surface area contributed by atoms with E-state index in [0.29, 0.717) is 6.54 Å². The third-order valence-corrected chi connectivity index (χ3v) is 3.19. The van der Waals surface area contributed by atoms with Crippen molar-refractivity contribution in [2.75, 3.05) is 19.6 Å². The van der Waals surface area contributed by atoms with Gasteiger partial charge in [0.2, 0.25) is 0 Å². The Morgan fingerprint density at radius 1 is 1.43 bits per heavy atom. The fourth-order valence-electron chi connectivity index (χ4n) is 2.25. The van der Waals surface area contributed by atoms with Gasteiger partial charge in [-0.05, 0) is 12.1 Å². The minimum absolute atomic E-state index is 0.0705. The summed E-state index contributed by atoms with van der Waals surface area (Å²) in [5.41, 5.74) is -0.166. The van der Waals surface area contributed by atoms with E-state index in [1.165, 1.54) is 12.1 Å². The second kappa shape index (κ2) is 5.76. The Kier molecular flexibility index (Phi) is 4.21. The number of aromatic nitrogens is 1. The highest BCUT2D eigenvalue weighted by Crippen LogP contribution is 2.20. The topological polar surface area (TPSA) is 74.6 Å². The predicted octanol–water partition coefficient (Wildman–Crippen LogP) is 0.549. The number of alkyl halides is 3. The minimum Gasteiger partial charge on any atom is -0.480 e. The lowest BCUT2D eigenvalue weighted by Crippen LogP contribution is -2.57. The van der Waals surface area contributed by atoms with E-state index in [2.05, 4.69) is 5.32 Å². The summed E-state index contributed by atoms with van der Waals surface area (Å²) in [5, 5.41) is 11.9. The molecule has 0 spiro atoms. The van der Waals surface area contributed by atoms with Crippen LogP contribution < -0.4 is 5.32 Å². The van der Waals surface area contributed by atoms with Gasteiger partial charge in [-0.3, -0.25) is 4.79 Å². The smallest absolute Gasteiger partial charge is 0.406 e. The number of carboxylic acid groups (broad SMARTS) is 1. The van der Waals surface area contributed by atoms with Gasteiger partial charge in [-0.15, -0.1) is 0 Å². The summed E-state index contributed by atoms with van der Waals surface area (Å²) in [7, 11) is 0. The average molecular weight is 305 g/mol. The molecule has 0 saturated carbocycles. The number of piperazine rings is 1. The molecule has 6 nitrogen and oxygen atoms in total. The number of nitrogens with one attached hydrogen (secondary N) is 1. The molecule has 0 aliphatic carbocycles. The molecule has 2 rings (SSSR count). The fourth-order valence-corrected chi connectivity index (χ4v) is 2.25. The van der Waals surface area contributed by atoms with E-state index < -0.39 is 30.6 Å². The highest BCUT2D eigenvalue weighted by atomic mass is 19.4. The van der Waals surface area contributed by atoms with E-state index in [-0.39, 0.29) is 18.8 Å². The molecule has 2 heterocycles. The number of aliphatic carboxylic acids is 1. The third kappa shape index (κ3) is 3.54. The minimum atomic E-state index is -4.45. The lowest BCUT2D eigenvalue weighted by Gasteiger charge is -2.33. The Morgan fingerprint density at radius 2 is 2.14 bits per heavy atom. The van der Waals surface area contributed by atoms with Crippen LogP contribution in [0.15, 0.2) is 18.3 Å². The van der Waals surface area contributed by atoms with Crippen molar-refractivity contribution < 1.29 is 27.9 Å². The van der Waals surface area contributed by atoms with E-state index in [0.717, 1.165) is 15.7 Å². The van der Waals surface area contributed by atoms with Crippen LogP contribution in [0.3, 0.4) is 0 Å². The SMILES string of the molecule is O=C(O)C1CNCCN1C(=O)c1cccn1CC(F)(F)F. The Morgan fingerprint density at radius 3 is 2.76 bits per heavy atom. The average Bonchev–Trinajstić information content (AvgIpc) is 2.83. The summed E-state index contributed by atoms with van der Waals surface area (Å²) in [6.07, 6.45) is -3.30. The van der Waals surface area contributed by atoms with E-state index in [1.807, 2.05) is 0 Å². The second-order valence-electron chi connectivity index (χ2n) is 4.69. The summed E-state index contributed by atoms with van der Waals surface area (Å²) >= 11 is 0. The number of amides is 1. The van der Waals surface area contributed by atoms with Crippen molar-refractivity contribution in [3.8, 4) is 0 Å². The first-order chi connectivity index (χ1) is 9.79. The largest absolute Gasteiger partial charge is 0.480 e. The quantitative estimate of drug-likeness (QED) is 0.855. The molecule has 1 atom stereocenters. The lowest BCUT2D eigenvalue weighted by molar-refractivity contribution is -0.143. The van der Waals surface area contributed by atoms with Crippen molar-refractivity contribution in [2.45, 2.75) is 18.8 Å². The molecule has 116 valence electrons. The Labute approximate surface area is 118 Å². The van der Waals surface area contributed by atoms with E-state index >= 15 is 0 Å². The molecule has 1 aliphatic heterocycles. The van der Waals surface area contributed by atoms with Crippen LogP contribution in [0, 0.1) is 0 Å². The van der Waals surface area contributed by atoms with Crippen LogP contribution in [0.5, 0.6) is 0 Å². The van der Waals surface area contributed by atoms with Crippen LogP contribution in [0.4, 0.5) is 13.2 Å². The molecular formula is C12H14F3N3O3. The van der Waals surface area contributed by atoms with Crippen LogP contribution in [0.1, 0.15) is 10.5 Å². The number of rotatable bonds is 3. The number of carbonyl (C=O) groups excluding carboxylic acids is 1. The van der Waals surface area contributed by atoms with E-state index in [9.17, 15) is 22.8 Å². The van der Waals surface area contributed by atoms with Crippen LogP contribution in [-0.4, -0.2) is 58.3 Å². The molecule has 1 unspecified atom stereocenters. The number of nitrogens with zero attached hydrogens (tertiary/aromatic N) is 2. The van der Waals surface area contributed by atoms with Crippen molar-refractivity contribution in [3.05, 3.63) is 24.0 Å². The standard InChI is InChI=1S/C12H14F3N3O3/c13-12(14,15)7-17-4-1-2-8(17)10(19)18-5-3-16-6-9(18)11(20)21/h1-2,4,9,16H,3,5-7H2,(H,20,21). The number of carbonyl (C=O) groups is 2. The molecular weight excluding hydrogens is 291 g/mol. The highest BCUT2D eigenvalue weighted by Gasteiger charge is 2.35. The molecule has 9 heteroatoms. The summed E-state index contributed by atoms with van der Waals surface area (Å²) in [6, 6.07) is 1.51. The van der Waals surface area contributed by atoms with Gasteiger partial charge in [0.15, 0.2) is 0 Å². The zero-order valence-electron chi connectivity index (χ0n) is 10.9. The van der Waals surface area contributed by atoms with Crippen molar-refractivity contribution in [1.82, 2.24) is 14.8 Å². The van der Waals surface area contributed by atoms with Crippen molar-refractivity contribution >= 4 is 11.9 Å². The van der Waals surface area contributed by atoms with Crippen molar-refractivity contribution in [1.29, 1.82) is 0 Å². The van der Waals surface area contributed by atoms with Gasteiger partial charge in [0.05, 0.1) is 0 Å². The van der Waals surface area contributed by atoms with Gasteiger partial charge in [-0.25, -0.2) is 4.79 Å². The van der Waals surface area contributed by atoms with Gasteiger partial charge in [0.25, 0.3) is 5.91 Å². The maximum Gasteiger partial charge on any atom is 0.406 e. The monoisotopic (exact) mass is 305 g/mol. The van der Waals surface area contributed by atoms with E-state index in [1.54, 1.807) is 0 Å². The maximum atomic E-state index is 12.5. The van der Waals surface area contributed by atoms with Crippen LogP contribution in [0.25, 0.3) is 0 Å². The van der Waals surface area contributed by atoms with Gasteiger partial charge >= 0.3 is 12.1 Å². The Balaban J connectivity index is 2.23. The number of halogens is 3. The summed E-state index contributed by atoms with van der Waals surface area (Å²) in [4.78, 5) is 24.5. The fraction of sp³-hybridized carbons (Fsp3) is 0.500. The molecule has 0 bridgehead atoms. The second-order valence-corrected chi connectivity index (χ2v) is 4.69. The molecule has 1 saturated heterocycles. The molecule has 2 N–H and O–H groups in total. The first-order valence-electron chi connectivity index (χ1n) is 6.26. The summed E-state index contributed by atoms with van der Waals surface area (Å²) in [5.74, 6) is -1.90. The van der Waals surface area contributed by atoms with Gasteiger partial charge in [0.1, 0.15) is 18.3 Å². The molecule has 21 heavy (non-hydrogen) atoms.